The van der Waals surface area contributed by atoms with Gasteiger partial charge in [0, 0.05) is 65.0 Å². The first-order valence-electron chi connectivity index (χ1n) is 9.41. The highest BCUT2D eigenvalue weighted by molar-refractivity contribution is 14.0. The van der Waals surface area contributed by atoms with Crippen LogP contribution in [-0.4, -0.2) is 74.5 Å². The minimum atomic E-state index is -0.223. The Bertz CT molecular complexity index is 625. The van der Waals surface area contributed by atoms with Crippen molar-refractivity contribution in [3.63, 3.8) is 0 Å². The van der Waals surface area contributed by atoms with E-state index in [1.807, 2.05) is 4.90 Å². The summed E-state index contributed by atoms with van der Waals surface area (Å²) in [6.45, 7) is 5.66. The lowest BCUT2D eigenvalue weighted by Crippen LogP contribution is -2.49. The van der Waals surface area contributed by atoms with E-state index >= 15 is 0 Å². The van der Waals surface area contributed by atoms with Gasteiger partial charge in [0.2, 0.25) is 5.91 Å². The van der Waals surface area contributed by atoms with Gasteiger partial charge in [-0.15, -0.1) is 24.0 Å². The van der Waals surface area contributed by atoms with Crippen LogP contribution in [0.3, 0.4) is 0 Å². The SMILES string of the molecule is CN=C(NCCC(=O)N1CCN(c2ccc(F)cc2)CC1)N1CCCC1.I. The molecular formula is C19H29FIN5O. The Balaban J connectivity index is 0.00000261. The zero-order valence-corrected chi connectivity index (χ0v) is 18.2. The number of nitrogens with zero attached hydrogens (tertiary/aromatic N) is 4. The quantitative estimate of drug-likeness (QED) is 0.400. The minimum Gasteiger partial charge on any atom is -0.368 e. The van der Waals surface area contributed by atoms with Gasteiger partial charge in [0.05, 0.1) is 0 Å². The van der Waals surface area contributed by atoms with Crippen LogP contribution >= 0.6 is 24.0 Å². The molecule has 0 unspecified atom stereocenters. The minimum absolute atomic E-state index is 0. The summed E-state index contributed by atoms with van der Waals surface area (Å²) in [6, 6.07) is 6.54. The number of amides is 1. The van der Waals surface area contributed by atoms with Crippen LogP contribution in [0.5, 0.6) is 0 Å². The van der Waals surface area contributed by atoms with Crippen LogP contribution in [0.2, 0.25) is 0 Å². The number of anilines is 1. The molecule has 2 saturated heterocycles. The number of halogens is 2. The topological polar surface area (TPSA) is 51.2 Å². The predicted octanol–water partition coefficient (Wildman–Crippen LogP) is 2.15. The standard InChI is InChI=1S/C19H28FN5O.HI/c1-21-19(25-10-2-3-11-25)22-9-8-18(26)24-14-12-23(13-15-24)17-6-4-16(20)5-7-17;/h4-7H,2-3,8-15H2,1H3,(H,21,22);1H. The molecule has 0 atom stereocenters. The average Bonchev–Trinajstić information content (AvgIpc) is 3.20. The molecule has 1 aromatic rings. The molecule has 0 radical (unpaired) electrons. The highest BCUT2D eigenvalue weighted by atomic mass is 127. The lowest BCUT2D eigenvalue weighted by atomic mass is 10.2. The zero-order valence-electron chi connectivity index (χ0n) is 15.9. The molecule has 2 aliphatic heterocycles. The largest absolute Gasteiger partial charge is 0.368 e. The van der Waals surface area contributed by atoms with E-state index in [0.29, 0.717) is 26.1 Å². The molecule has 1 N–H and O–H groups in total. The van der Waals surface area contributed by atoms with E-state index < -0.39 is 0 Å². The van der Waals surface area contributed by atoms with Crippen molar-refractivity contribution < 1.29 is 9.18 Å². The van der Waals surface area contributed by atoms with Crippen molar-refractivity contribution in [1.82, 2.24) is 15.1 Å². The highest BCUT2D eigenvalue weighted by Gasteiger charge is 2.21. The fourth-order valence-corrected chi connectivity index (χ4v) is 3.57. The number of hydrogen-bond acceptors (Lipinski definition) is 3. The van der Waals surface area contributed by atoms with Gasteiger partial charge in [0.15, 0.2) is 5.96 Å². The summed E-state index contributed by atoms with van der Waals surface area (Å²) in [5.74, 6) is 0.851. The number of rotatable bonds is 4. The molecule has 150 valence electrons. The van der Waals surface area contributed by atoms with Crippen molar-refractivity contribution in [2.24, 2.45) is 4.99 Å². The Kier molecular flexibility index (Phi) is 8.59. The molecule has 0 spiro atoms. The monoisotopic (exact) mass is 489 g/mol. The summed E-state index contributed by atoms with van der Waals surface area (Å²) in [7, 11) is 1.79. The first kappa shape index (κ1) is 21.7. The number of carbonyl (C=O) groups is 1. The summed E-state index contributed by atoms with van der Waals surface area (Å²) in [6.07, 6.45) is 2.89. The highest BCUT2D eigenvalue weighted by Crippen LogP contribution is 2.17. The first-order chi connectivity index (χ1) is 12.7. The molecule has 0 aromatic heterocycles. The van der Waals surface area contributed by atoms with Crippen LogP contribution in [0.1, 0.15) is 19.3 Å². The molecule has 2 fully saturated rings. The van der Waals surface area contributed by atoms with Gasteiger partial charge in [-0.05, 0) is 37.1 Å². The van der Waals surface area contributed by atoms with E-state index in [1.165, 1.54) is 25.0 Å². The van der Waals surface area contributed by atoms with E-state index in [1.54, 1.807) is 19.2 Å². The van der Waals surface area contributed by atoms with Crippen molar-refractivity contribution in [3.8, 4) is 0 Å². The number of benzene rings is 1. The number of likely N-dealkylation sites (tertiary alicyclic amines) is 1. The van der Waals surface area contributed by atoms with Crippen molar-refractivity contribution >= 4 is 41.5 Å². The molecular weight excluding hydrogens is 460 g/mol. The van der Waals surface area contributed by atoms with Crippen molar-refractivity contribution in [2.45, 2.75) is 19.3 Å². The maximum absolute atomic E-state index is 13.0. The molecule has 1 amide bonds. The fourth-order valence-electron chi connectivity index (χ4n) is 3.57. The van der Waals surface area contributed by atoms with E-state index in [9.17, 15) is 9.18 Å². The second-order valence-corrected chi connectivity index (χ2v) is 6.76. The maximum atomic E-state index is 13.0. The summed E-state index contributed by atoms with van der Waals surface area (Å²) < 4.78 is 13.0. The third kappa shape index (κ3) is 5.95. The summed E-state index contributed by atoms with van der Waals surface area (Å²) in [5, 5.41) is 3.30. The van der Waals surface area contributed by atoms with E-state index in [0.717, 1.165) is 37.8 Å². The molecule has 6 nitrogen and oxygen atoms in total. The second kappa shape index (κ2) is 10.7. The zero-order chi connectivity index (χ0) is 18.4. The van der Waals surface area contributed by atoms with Crippen LogP contribution in [-0.2, 0) is 4.79 Å². The Morgan fingerprint density at radius 1 is 1.04 bits per heavy atom. The Labute approximate surface area is 177 Å². The van der Waals surface area contributed by atoms with Gasteiger partial charge >= 0.3 is 0 Å². The van der Waals surface area contributed by atoms with E-state index in [2.05, 4.69) is 20.1 Å². The number of aliphatic imine (C=N–C) groups is 1. The second-order valence-electron chi connectivity index (χ2n) is 6.76. The van der Waals surface area contributed by atoms with Gasteiger partial charge in [0.25, 0.3) is 0 Å². The fraction of sp³-hybridized carbons (Fsp3) is 0.579. The van der Waals surface area contributed by atoms with Gasteiger partial charge in [-0.3, -0.25) is 9.79 Å². The molecule has 8 heteroatoms. The normalized spacial score (nSPS) is 17.7. The lowest BCUT2D eigenvalue weighted by Gasteiger charge is -2.36. The maximum Gasteiger partial charge on any atom is 0.224 e. The van der Waals surface area contributed by atoms with Crippen molar-refractivity contribution in [2.75, 3.05) is 57.8 Å². The molecule has 1 aromatic carbocycles. The van der Waals surface area contributed by atoms with Gasteiger partial charge in [-0.1, -0.05) is 0 Å². The van der Waals surface area contributed by atoms with E-state index in [4.69, 9.17) is 0 Å². The van der Waals surface area contributed by atoms with Gasteiger partial charge in [-0.2, -0.15) is 0 Å². The third-order valence-corrected chi connectivity index (χ3v) is 5.06. The van der Waals surface area contributed by atoms with Crippen LogP contribution in [0, 0.1) is 5.82 Å². The Morgan fingerprint density at radius 2 is 1.67 bits per heavy atom. The Morgan fingerprint density at radius 3 is 2.26 bits per heavy atom. The van der Waals surface area contributed by atoms with Crippen molar-refractivity contribution in [3.05, 3.63) is 30.1 Å². The number of piperazine rings is 1. The molecule has 0 aliphatic carbocycles. The lowest BCUT2D eigenvalue weighted by molar-refractivity contribution is -0.131. The van der Waals surface area contributed by atoms with Crippen LogP contribution in [0.4, 0.5) is 10.1 Å². The number of hydrogen-bond donors (Lipinski definition) is 1. The number of nitrogens with one attached hydrogen (secondary N) is 1. The van der Waals surface area contributed by atoms with Crippen molar-refractivity contribution in [1.29, 1.82) is 0 Å². The third-order valence-electron chi connectivity index (χ3n) is 5.06. The molecule has 3 rings (SSSR count). The Hall–Kier alpha value is -1.58. The summed E-state index contributed by atoms with van der Waals surface area (Å²) >= 11 is 0. The van der Waals surface area contributed by atoms with E-state index in [-0.39, 0.29) is 35.7 Å². The predicted molar refractivity (Wildman–Crippen MR) is 117 cm³/mol. The van der Waals surface area contributed by atoms with Crippen LogP contribution < -0.4 is 10.2 Å². The van der Waals surface area contributed by atoms with Gasteiger partial charge < -0.3 is 20.0 Å². The van der Waals surface area contributed by atoms with Crippen LogP contribution in [0.15, 0.2) is 29.3 Å². The molecule has 0 saturated carbocycles. The van der Waals surface area contributed by atoms with Gasteiger partial charge in [-0.25, -0.2) is 4.39 Å². The first-order valence-corrected chi connectivity index (χ1v) is 9.41. The molecule has 2 heterocycles. The number of guanidine groups is 1. The summed E-state index contributed by atoms with van der Waals surface area (Å²) in [4.78, 5) is 23.1. The van der Waals surface area contributed by atoms with Crippen LogP contribution in [0.25, 0.3) is 0 Å². The average molecular weight is 489 g/mol. The number of carbonyl (C=O) groups excluding carboxylic acids is 1. The smallest absolute Gasteiger partial charge is 0.224 e. The molecule has 27 heavy (non-hydrogen) atoms. The molecule has 0 bridgehead atoms. The summed E-state index contributed by atoms with van der Waals surface area (Å²) in [5.41, 5.74) is 1.01. The molecule has 2 aliphatic rings. The van der Waals surface area contributed by atoms with Gasteiger partial charge in [0.1, 0.15) is 5.82 Å².